The highest BCUT2D eigenvalue weighted by Crippen LogP contribution is 2.24. The van der Waals surface area contributed by atoms with E-state index < -0.39 is 0 Å². The van der Waals surface area contributed by atoms with Gasteiger partial charge in [-0.05, 0) is 12.2 Å². The van der Waals surface area contributed by atoms with Gasteiger partial charge in [-0.3, -0.25) is 4.90 Å². The first-order valence-corrected chi connectivity index (χ1v) is 5.88. The highest BCUT2D eigenvalue weighted by molar-refractivity contribution is 7.99. The van der Waals surface area contributed by atoms with Crippen molar-refractivity contribution in [3.8, 4) is 6.07 Å². The summed E-state index contributed by atoms with van der Waals surface area (Å²) in [4.78, 5) is 2.32. The quantitative estimate of drug-likeness (QED) is 0.622. The van der Waals surface area contributed by atoms with E-state index in [1.807, 2.05) is 11.8 Å². The Morgan fingerprint density at radius 1 is 1.54 bits per heavy atom. The van der Waals surface area contributed by atoms with Crippen LogP contribution in [-0.4, -0.2) is 48.2 Å². The van der Waals surface area contributed by atoms with Gasteiger partial charge in [0.1, 0.15) is 6.04 Å². The lowest BCUT2D eigenvalue weighted by Gasteiger charge is -2.35. The molecule has 2 fully saturated rings. The number of morpholine rings is 1. The molecular weight excluding hydrogens is 184 g/mol. The lowest BCUT2D eigenvalue weighted by Crippen LogP contribution is -2.50. The molecule has 2 unspecified atom stereocenters. The Morgan fingerprint density at radius 2 is 2.46 bits per heavy atom. The molecule has 2 heterocycles. The van der Waals surface area contributed by atoms with Gasteiger partial charge in [0, 0.05) is 18.3 Å². The molecule has 0 aliphatic carbocycles. The molecule has 0 saturated carbocycles. The van der Waals surface area contributed by atoms with Gasteiger partial charge >= 0.3 is 0 Å². The van der Waals surface area contributed by atoms with Crippen LogP contribution in [0.2, 0.25) is 0 Å². The van der Waals surface area contributed by atoms with E-state index in [0.717, 1.165) is 13.2 Å². The van der Waals surface area contributed by atoms with Gasteiger partial charge in [0.05, 0.1) is 19.3 Å². The Bertz CT molecular complexity index is 210. The summed E-state index contributed by atoms with van der Waals surface area (Å²) in [5.74, 6) is 2.44. The Morgan fingerprint density at radius 3 is 3.15 bits per heavy atom. The van der Waals surface area contributed by atoms with Crippen LogP contribution in [0.1, 0.15) is 6.42 Å². The van der Waals surface area contributed by atoms with Crippen molar-refractivity contribution >= 4 is 11.8 Å². The van der Waals surface area contributed by atoms with Crippen LogP contribution >= 0.6 is 11.8 Å². The molecule has 0 amide bonds. The van der Waals surface area contributed by atoms with Crippen LogP contribution in [0.4, 0.5) is 0 Å². The van der Waals surface area contributed by atoms with E-state index in [0.29, 0.717) is 12.6 Å². The van der Waals surface area contributed by atoms with Crippen molar-refractivity contribution in [3.63, 3.8) is 0 Å². The maximum atomic E-state index is 8.94. The van der Waals surface area contributed by atoms with Gasteiger partial charge in [-0.25, -0.2) is 0 Å². The fourth-order valence-electron chi connectivity index (χ4n) is 1.95. The lowest BCUT2D eigenvalue weighted by atomic mass is 10.1. The second-order valence-corrected chi connectivity index (χ2v) is 4.62. The van der Waals surface area contributed by atoms with Gasteiger partial charge in [-0.1, -0.05) is 0 Å². The van der Waals surface area contributed by atoms with Crippen LogP contribution in [0.5, 0.6) is 0 Å². The van der Waals surface area contributed by atoms with Crippen LogP contribution in [0, 0.1) is 11.3 Å². The standard InChI is InChI=1S/C9H14N2OS/c10-5-9-6-12-3-2-11(9)8-1-4-13-7-8/h8-9H,1-4,6-7H2. The number of hydrogen-bond acceptors (Lipinski definition) is 4. The predicted octanol–water partition coefficient (Wildman–Crippen LogP) is 0.716. The Labute approximate surface area is 83.0 Å². The van der Waals surface area contributed by atoms with Crippen molar-refractivity contribution in [2.75, 3.05) is 31.3 Å². The molecular formula is C9H14N2OS. The summed E-state index contributed by atoms with van der Waals surface area (Å²) in [7, 11) is 0. The van der Waals surface area contributed by atoms with Crippen molar-refractivity contribution < 1.29 is 4.74 Å². The van der Waals surface area contributed by atoms with E-state index in [4.69, 9.17) is 10.00 Å². The zero-order valence-corrected chi connectivity index (χ0v) is 8.42. The van der Waals surface area contributed by atoms with Crippen LogP contribution < -0.4 is 0 Å². The van der Waals surface area contributed by atoms with Crippen molar-refractivity contribution in [1.29, 1.82) is 5.26 Å². The number of rotatable bonds is 1. The molecule has 0 radical (unpaired) electrons. The van der Waals surface area contributed by atoms with Gasteiger partial charge in [-0.2, -0.15) is 17.0 Å². The molecule has 4 heteroatoms. The van der Waals surface area contributed by atoms with Gasteiger partial charge in [0.25, 0.3) is 0 Å². The zero-order chi connectivity index (χ0) is 9.10. The average molecular weight is 198 g/mol. The van der Waals surface area contributed by atoms with Crippen molar-refractivity contribution in [2.24, 2.45) is 0 Å². The molecule has 72 valence electrons. The van der Waals surface area contributed by atoms with Gasteiger partial charge < -0.3 is 4.74 Å². The minimum Gasteiger partial charge on any atom is -0.377 e. The first-order chi connectivity index (χ1) is 6.42. The fraction of sp³-hybridized carbons (Fsp3) is 0.889. The minimum absolute atomic E-state index is 0.00236. The summed E-state index contributed by atoms with van der Waals surface area (Å²) in [5.41, 5.74) is 0. The molecule has 0 N–H and O–H groups in total. The maximum Gasteiger partial charge on any atom is 0.122 e. The SMILES string of the molecule is N#CC1COCCN1C1CCSC1. The summed E-state index contributed by atoms with van der Waals surface area (Å²) in [6, 6.07) is 2.94. The van der Waals surface area contributed by atoms with Gasteiger partial charge in [-0.15, -0.1) is 0 Å². The fourth-order valence-corrected chi connectivity index (χ4v) is 3.18. The maximum absolute atomic E-state index is 8.94. The molecule has 0 aromatic heterocycles. The third-order valence-electron chi connectivity index (χ3n) is 2.69. The van der Waals surface area contributed by atoms with E-state index in [1.54, 1.807) is 0 Å². The Hall–Kier alpha value is -0.240. The number of hydrogen-bond donors (Lipinski definition) is 0. The zero-order valence-electron chi connectivity index (χ0n) is 7.61. The van der Waals surface area contributed by atoms with Crippen molar-refractivity contribution in [3.05, 3.63) is 0 Å². The van der Waals surface area contributed by atoms with Gasteiger partial charge in [0.15, 0.2) is 0 Å². The lowest BCUT2D eigenvalue weighted by molar-refractivity contribution is -0.00365. The summed E-state index contributed by atoms with van der Waals surface area (Å²) in [5, 5.41) is 8.94. The summed E-state index contributed by atoms with van der Waals surface area (Å²) in [6.07, 6.45) is 1.24. The molecule has 13 heavy (non-hydrogen) atoms. The second-order valence-electron chi connectivity index (χ2n) is 3.48. The molecule has 0 spiro atoms. The van der Waals surface area contributed by atoms with Crippen LogP contribution in [-0.2, 0) is 4.74 Å². The first kappa shape index (κ1) is 9.32. The minimum atomic E-state index is -0.00236. The third kappa shape index (κ3) is 1.98. The summed E-state index contributed by atoms with van der Waals surface area (Å²) in [6.45, 7) is 2.32. The molecule has 0 aromatic rings. The van der Waals surface area contributed by atoms with E-state index in [-0.39, 0.29) is 6.04 Å². The highest BCUT2D eigenvalue weighted by Gasteiger charge is 2.31. The summed E-state index contributed by atoms with van der Waals surface area (Å²) >= 11 is 2.00. The Balaban J connectivity index is 1.98. The number of thioether (sulfide) groups is 1. The van der Waals surface area contributed by atoms with E-state index in [2.05, 4.69) is 11.0 Å². The molecule has 0 aromatic carbocycles. The topological polar surface area (TPSA) is 36.3 Å². The van der Waals surface area contributed by atoms with Gasteiger partial charge in [0.2, 0.25) is 0 Å². The number of nitrogens with zero attached hydrogens (tertiary/aromatic N) is 2. The largest absolute Gasteiger partial charge is 0.377 e. The highest BCUT2D eigenvalue weighted by atomic mass is 32.2. The van der Waals surface area contributed by atoms with E-state index in [1.165, 1.54) is 17.9 Å². The monoisotopic (exact) mass is 198 g/mol. The van der Waals surface area contributed by atoms with Crippen molar-refractivity contribution in [2.45, 2.75) is 18.5 Å². The average Bonchev–Trinajstić information content (AvgIpc) is 2.70. The third-order valence-corrected chi connectivity index (χ3v) is 3.84. The molecule has 2 aliphatic heterocycles. The van der Waals surface area contributed by atoms with Crippen LogP contribution in [0.3, 0.4) is 0 Å². The Kier molecular flexibility index (Phi) is 3.09. The van der Waals surface area contributed by atoms with Crippen molar-refractivity contribution in [1.82, 2.24) is 4.90 Å². The molecule has 0 bridgehead atoms. The van der Waals surface area contributed by atoms with E-state index >= 15 is 0 Å². The molecule has 2 rings (SSSR count). The molecule has 3 nitrogen and oxygen atoms in total. The van der Waals surface area contributed by atoms with Crippen LogP contribution in [0.25, 0.3) is 0 Å². The van der Waals surface area contributed by atoms with Crippen LogP contribution in [0.15, 0.2) is 0 Å². The molecule has 2 aliphatic rings. The number of ether oxygens (including phenoxy) is 1. The molecule has 2 atom stereocenters. The number of nitriles is 1. The predicted molar refractivity (Wildman–Crippen MR) is 52.7 cm³/mol. The normalized spacial score (nSPS) is 35.9. The molecule has 2 saturated heterocycles. The van der Waals surface area contributed by atoms with E-state index in [9.17, 15) is 0 Å². The first-order valence-electron chi connectivity index (χ1n) is 4.72. The second kappa shape index (κ2) is 4.32. The smallest absolute Gasteiger partial charge is 0.122 e. The summed E-state index contributed by atoms with van der Waals surface area (Å²) < 4.78 is 5.29.